The van der Waals surface area contributed by atoms with Crippen molar-refractivity contribution in [2.75, 3.05) is 0 Å². The molecule has 4 fully saturated rings. The van der Waals surface area contributed by atoms with Crippen molar-refractivity contribution in [2.45, 2.75) is 93.2 Å². The molecule has 8 heteroatoms. The first-order chi connectivity index (χ1) is 14.2. The third-order valence-corrected chi connectivity index (χ3v) is 7.81. The van der Waals surface area contributed by atoms with Gasteiger partial charge in [-0.1, -0.05) is 12.1 Å². The molecule has 30 heavy (non-hydrogen) atoms. The number of hydrogen-bond acceptors (Lipinski definition) is 2. The number of nitrogens with zero attached hydrogens (tertiary/aromatic N) is 2. The normalized spacial score (nSPS) is 38.2. The number of carbonyl (C=O) groups is 1. The average Bonchev–Trinajstić information content (AvgIpc) is 3.11. The summed E-state index contributed by atoms with van der Waals surface area (Å²) in [6.45, 7) is 0. The van der Waals surface area contributed by atoms with Crippen LogP contribution >= 0.6 is 0 Å². The lowest BCUT2D eigenvalue weighted by atomic mass is 9.84. The van der Waals surface area contributed by atoms with Crippen molar-refractivity contribution in [3.05, 3.63) is 35.6 Å². The zero-order chi connectivity index (χ0) is 21.3. The second-order valence-corrected chi connectivity index (χ2v) is 9.52. The van der Waals surface area contributed by atoms with Crippen molar-refractivity contribution in [3.8, 4) is 0 Å². The maximum atomic E-state index is 13.5. The van der Waals surface area contributed by atoms with Crippen LogP contribution in [0.3, 0.4) is 0 Å². The monoisotopic (exact) mass is 426 g/mol. The van der Waals surface area contributed by atoms with Crippen LogP contribution in [0.25, 0.3) is 0 Å². The molecule has 5 atom stereocenters. The number of fused-ring (bicyclic) bond motifs is 4. The quantitative estimate of drug-likeness (QED) is 0.669. The average molecular weight is 426 g/mol. The van der Waals surface area contributed by atoms with Gasteiger partial charge in [0.15, 0.2) is 5.60 Å². The van der Waals surface area contributed by atoms with Gasteiger partial charge in [-0.2, -0.15) is 13.2 Å². The number of hydrogen-bond donors (Lipinski definition) is 1. The Morgan fingerprint density at radius 3 is 1.87 bits per heavy atom. The van der Waals surface area contributed by atoms with Crippen molar-refractivity contribution in [3.63, 3.8) is 0 Å². The molecular formula is C22H26F4N2O2. The van der Waals surface area contributed by atoms with Crippen LogP contribution in [0.5, 0.6) is 0 Å². The highest BCUT2D eigenvalue weighted by molar-refractivity contribution is 5.77. The molecule has 2 amide bonds. The molecule has 4 aliphatic rings. The summed E-state index contributed by atoms with van der Waals surface area (Å²) in [6, 6.07) is 5.39. The summed E-state index contributed by atoms with van der Waals surface area (Å²) in [5.74, 6) is -0.00530. The van der Waals surface area contributed by atoms with Crippen LogP contribution in [-0.2, 0) is 0 Å². The summed E-state index contributed by atoms with van der Waals surface area (Å²) >= 11 is 0. The van der Waals surface area contributed by atoms with Crippen molar-refractivity contribution in [2.24, 2.45) is 0 Å². The zero-order valence-corrected chi connectivity index (χ0v) is 16.6. The number of alkyl halides is 3. The fourth-order valence-corrected chi connectivity index (χ4v) is 6.40. The molecule has 0 radical (unpaired) electrons. The summed E-state index contributed by atoms with van der Waals surface area (Å²) < 4.78 is 53.3. The van der Waals surface area contributed by atoms with Crippen LogP contribution in [0.2, 0.25) is 0 Å². The minimum atomic E-state index is -4.67. The minimum absolute atomic E-state index is 0.0640. The molecule has 1 aromatic rings. The van der Waals surface area contributed by atoms with Crippen LogP contribution in [0, 0.1) is 5.82 Å². The van der Waals surface area contributed by atoms with Gasteiger partial charge in [-0.25, -0.2) is 9.18 Å². The number of amides is 2. The van der Waals surface area contributed by atoms with Gasteiger partial charge < -0.3 is 14.9 Å². The number of halogens is 4. The van der Waals surface area contributed by atoms with Gasteiger partial charge in [0.2, 0.25) is 0 Å². The van der Waals surface area contributed by atoms with Gasteiger partial charge in [0.25, 0.3) is 0 Å². The van der Waals surface area contributed by atoms with E-state index in [1.165, 1.54) is 12.1 Å². The molecule has 4 heterocycles. The topological polar surface area (TPSA) is 43.8 Å². The lowest BCUT2D eigenvalue weighted by Crippen LogP contribution is -2.62. The Balaban J connectivity index is 1.32. The van der Waals surface area contributed by atoms with E-state index in [-0.39, 0.29) is 29.8 Å². The molecule has 0 saturated carbocycles. The Labute approximate surface area is 172 Å². The van der Waals surface area contributed by atoms with Gasteiger partial charge in [0, 0.05) is 37.0 Å². The number of carbonyl (C=O) groups excluding carboxylic acids is 1. The smallest absolute Gasteiger partial charge is 0.380 e. The SMILES string of the molecule is O=C(N1C2CCC1CC(O)(C(F)(F)F)C2)N1[C@@H]2CC[C@H]1CC(c1ccc(F)cc1)C2. The van der Waals surface area contributed by atoms with Gasteiger partial charge in [-0.3, -0.25) is 0 Å². The summed E-state index contributed by atoms with van der Waals surface area (Å²) in [6.07, 6.45) is -1.14. The van der Waals surface area contributed by atoms with E-state index in [0.29, 0.717) is 12.8 Å². The number of aliphatic hydroxyl groups is 1. The van der Waals surface area contributed by atoms with Crippen LogP contribution in [0.4, 0.5) is 22.4 Å². The highest BCUT2D eigenvalue weighted by atomic mass is 19.4. The van der Waals surface area contributed by atoms with Crippen molar-refractivity contribution < 1.29 is 27.5 Å². The van der Waals surface area contributed by atoms with Crippen LogP contribution < -0.4 is 0 Å². The number of rotatable bonds is 1. The van der Waals surface area contributed by atoms with E-state index in [4.69, 9.17) is 0 Å². The maximum Gasteiger partial charge on any atom is 0.417 e. The van der Waals surface area contributed by atoms with Crippen LogP contribution in [-0.4, -0.2) is 56.9 Å². The summed E-state index contributed by atoms with van der Waals surface area (Å²) in [5, 5.41) is 10.2. The van der Waals surface area contributed by atoms with Gasteiger partial charge >= 0.3 is 12.2 Å². The lowest BCUT2D eigenvalue weighted by molar-refractivity contribution is -0.277. The van der Waals surface area contributed by atoms with Crippen LogP contribution in [0.15, 0.2) is 24.3 Å². The lowest BCUT2D eigenvalue weighted by Gasteiger charge is -2.48. The molecule has 4 saturated heterocycles. The molecular weight excluding hydrogens is 400 g/mol. The maximum absolute atomic E-state index is 13.5. The highest BCUT2D eigenvalue weighted by Gasteiger charge is 2.62. The zero-order valence-electron chi connectivity index (χ0n) is 16.6. The standard InChI is InChI=1S/C22H26F4N2O2/c23-15-3-1-13(2-4-15)14-9-16-5-6-17(10-14)27(16)20(29)28-18-7-8-19(28)12-21(30,11-18)22(24,25)26/h1-4,14,16-19,30H,5-12H2/t14?,16-,17+,18?,19?,21?. The molecule has 1 N–H and O–H groups in total. The molecule has 4 bridgehead atoms. The first kappa shape index (κ1) is 20.1. The van der Waals surface area contributed by atoms with Crippen LogP contribution in [0.1, 0.15) is 62.8 Å². The van der Waals surface area contributed by atoms with E-state index in [1.807, 2.05) is 4.90 Å². The van der Waals surface area contributed by atoms with E-state index in [1.54, 1.807) is 17.0 Å². The number of benzene rings is 1. The fraction of sp³-hybridized carbons (Fsp3) is 0.682. The summed E-state index contributed by atoms with van der Waals surface area (Å²) in [4.78, 5) is 17.0. The Bertz CT molecular complexity index is 799. The molecule has 4 aliphatic heterocycles. The van der Waals surface area contributed by atoms with E-state index in [0.717, 1.165) is 31.2 Å². The molecule has 164 valence electrons. The van der Waals surface area contributed by atoms with Crippen molar-refractivity contribution in [1.29, 1.82) is 0 Å². The molecule has 5 rings (SSSR count). The van der Waals surface area contributed by atoms with Gasteiger partial charge in [-0.05, 0) is 62.1 Å². The molecule has 4 nitrogen and oxygen atoms in total. The van der Waals surface area contributed by atoms with Crippen molar-refractivity contribution in [1.82, 2.24) is 9.80 Å². The predicted octanol–water partition coefficient (Wildman–Crippen LogP) is 4.58. The van der Waals surface area contributed by atoms with E-state index in [9.17, 15) is 27.5 Å². The summed E-state index contributed by atoms with van der Waals surface area (Å²) in [7, 11) is 0. The van der Waals surface area contributed by atoms with E-state index in [2.05, 4.69) is 0 Å². The Hall–Kier alpha value is -1.83. The van der Waals surface area contributed by atoms with Crippen molar-refractivity contribution >= 4 is 6.03 Å². The first-order valence-electron chi connectivity index (χ1n) is 10.8. The molecule has 0 aromatic heterocycles. The fourth-order valence-electron chi connectivity index (χ4n) is 6.40. The third-order valence-electron chi connectivity index (χ3n) is 7.81. The third kappa shape index (κ3) is 3.10. The van der Waals surface area contributed by atoms with E-state index < -0.39 is 36.7 Å². The molecule has 0 aliphatic carbocycles. The Morgan fingerprint density at radius 1 is 0.900 bits per heavy atom. The second-order valence-electron chi connectivity index (χ2n) is 9.52. The van der Waals surface area contributed by atoms with Gasteiger partial charge in [0.05, 0.1) is 0 Å². The number of piperidine rings is 2. The van der Waals surface area contributed by atoms with Gasteiger partial charge in [-0.15, -0.1) is 0 Å². The van der Waals surface area contributed by atoms with E-state index >= 15 is 0 Å². The number of urea groups is 1. The second kappa shape index (κ2) is 6.84. The largest absolute Gasteiger partial charge is 0.417 e. The minimum Gasteiger partial charge on any atom is -0.380 e. The Kier molecular flexibility index (Phi) is 4.58. The van der Waals surface area contributed by atoms with Gasteiger partial charge in [0.1, 0.15) is 5.82 Å². The summed E-state index contributed by atoms with van der Waals surface area (Å²) in [5.41, 5.74) is -1.61. The molecule has 0 spiro atoms. The molecule has 3 unspecified atom stereocenters. The molecule has 1 aromatic carbocycles. The Morgan fingerprint density at radius 2 is 1.37 bits per heavy atom. The highest BCUT2D eigenvalue weighted by Crippen LogP contribution is 2.50. The predicted molar refractivity (Wildman–Crippen MR) is 101 cm³/mol. The first-order valence-corrected chi connectivity index (χ1v) is 10.8.